The van der Waals surface area contributed by atoms with E-state index in [1.807, 2.05) is 27.2 Å². The molecule has 9 heavy (non-hydrogen) atoms. The molecule has 0 spiro atoms. The summed E-state index contributed by atoms with van der Waals surface area (Å²) in [6, 6.07) is 0. The van der Waals surface area contributed by atoms with E-state index in [-0.39, 0.29) is 11.8 Å². The number of hydrogen-bond acceptors (Lipinski definition) is 1. The number of hydrogen-bond donors (Lipinski definition) is 1. The second kappa shape index (κ2) is 3.49. The molecule has 2 nitrogen and oxygen atoms in total. The maximum Gasteiger partial charge on any atom is 0.220 e. The molecule has 2 heteroatoms. The van der Waals surface area contributed by atoms with Gasteiger partial charge in [-0.3, -0.25) is 4.79 Å². The maximum atomic E-state index is 10.4. The van der Waals surface area contributed by atoms with E-state index in [2.05, 4.69) is 0 Å². The summed E-state index contributed by atoms with van der Waals surface area (Å²) in [4.78, 5) is 10.4. The summed E-state index contributed by atoms with van der Waals surface area (Å²) in [5.41, 5.74) is 5.01. The van der Waals surface area contributed by atoms with Crippen LogP contribution in [0.2, 0.25) is 0 Å². The fraction of sp³-hybridized carbons (Fsp3) is 0.714. The summed E-state index contributed by atoms with van der Waals surface area (Å²) in [5.74, 6) is 0.0983. The Bertz CT molecular complexity index is 99.1. The van der Waals surface area contributed by atoms with Crippen molar-refractivity contribution in [2.45, 2.75) is 20.8 Å². The van der Waals surface area contributed by atoms with Crippen molar-refractivity contribution in [3.05, 3.63) is 6.42 Å². The normalized spacial score (nSPS) is 13.8. The first-order valence-corrected chi connectivity index (χ1v) is 3.18. The van der Waals surface area contributed by atoms with Crippen LogP contribution in [0.4, 0.5) is 0 Å². The van der Waals surface area contributed by atoms with Crippen LogP contribution in [0.25, 0.3) is 0 Å². The zero-order valence-electron chi connectivity index (χ0n) is 6.22. The molecule has 0 saturated heterocycles. The molecule has 0 rings (SSSR count). The van der Waals surface area contributed by atoms with Crippen LogP contribution in [-0.4, -0.2) is 5.91 Å². The van der Waals surface area contributed by atoms with Crippen LogP contribution in [-0.2, 0) is 4.79 Å². The number of carbonyl (C=O) groups excluding carboxylic acids is 1. The molecule has 1 amide bonds. The fourth-order valence-corrected chi connectivity index (χ4v) is 0.672. The molecule has 0 aliphatic heterocycles. The van der Waals surface area contributed by atoms with Gasteiger partial charge in [0.25, 0.3) is 0 Å². The van der Waals surface area contributed by atoms with Gasteiger partial charge in [0.05, 0.1) is 0 Å². The summed E-state index contributed by atoms with van der Waals surface area (Å²) >= 11 is 0. The second-order valence-corrected chi connectivity index (χ2v) is 2.63. The van der Waals surface area contributed by atoms with Crippen molar-refractivity contribution in [1.29, 1.82) is 0 Å². The van der Waals surface area contributed by atoms with Crippen LogP contribution in [0, 0.1) is 18.3 Å². The lowest BCUT2D eigenvalue weighted by Crippen LogP contribution is -2.22. The van der Waals surface area contributed by atoms with Gasteiger partial charge in [-0.2, -0.15) is 0 Å². The Kier molecular flexibility index (Phi) is 3.28. The van der Waals surface area contributed by atoms with Gasteiger partial charge in [-0.05, 0) is 12.3 Å². The lowest BCUT2D eigenvalue weighted by Gasteiger charge is -2.07. The van der Waals surface area contributed by atoms with Crippen molar-refractivity contribution in [1.82, 2.24) is 0 Å². The third-order valence-corrected chi connectivity index (χ3v) is 1.12. The molecule has 0 aliphatic carbocycles. The third-order valence-electron chi connectivity index (χ3n) is 1.12. The Balaban J connectivity index is 3.50. The molecule has 0 aromatic heterocycles. The van der Waals surface area contributed by atoms with Gasteiger partial charge < -0.3 is 5.73 Å². The molecule has 0 aromatic carbocycles. The van der Waals surface area contributed by atoms with Crippen molar-refractivity contribution in [2.75, 3.05) is 0 Å². The highest BCUT2D eigenvalue weighted by Gasteiger charge is 2.09. The highest BCUT2D eigenvalue weighted by molar-refractivity contribution is 5.77. The van der Waals surface area contributed by atoms with Gasteiger partial charge in [-0.25, -0.2) is 0 Å². The number of carbonyl (C=O) groups is 1. The van der Waals surface area contributed by atoms with E-state index >= 15 is 0 Å². The van der Waals surface area contributed by atoms with Crippen molar-refractivity contribution >= 4 is 5.91 Å². The van der Waals surface area contributed by atoms with Crippen LogP contribution in [0.15, 0.2) is 0 Å². The number of nitrogens with two attached hydrogens (primary N) is 1. The van der Waals surface area contributed by atoms with E-state index in [9.17, 15) is 4.79 Å². The van der Waals surface area contributed by atoms with Gasteiger partial charge in [-0.15, -0.1) is 0 Å². The highest BCUT2D eigenvalue weighted by Crippen LogP contribution is 2.07. The third kappa shape index (κ3) is 4.01. The SMILES string of the molecule is CC(C)[CH]C(C)C(N)=O. The zero-order chi connectivity index (χ0) is 7.44. The van der Waals surface area contributed by atoms with E-state index in [0.29, 0.717) is 5.92 Å². The van der Waals surface area contributed by atoms with Crippen molar-refractivity contribution in [3.8, 4) is 0 Å². The summed E-state index contributed by atoms with van der Waals surface area (Å²) in [6.45, 7) is 5.86. The fourth-order valence-electron chi connectivity index (χ4n) is 0.672. The Morgan fingerprint density at radius 1 is 1.44 bits per heavy atom. The van der Waals surface area contributed by atoms with Gasteiger partial charge in [0, 0.05) is 5.92 Å². The Labute approximate surface area is 56.4 Å². The first kappa shape index (κ1) is 8.47. The maximum absolute atomic E-state index is 10.4. The molecule has 0 aromatic rings. The molecule has 1 radical (unpaired) electrons. The van der Waals surface area contributed by atoms with Gasteiger partial charge in [-0.1, -0.05) is 20.8 Å². The molecular weight excluding hydrogens is 114 g/mol. The minimum Gasteiger partial charge on any atom is -0.369 e. The van der Waals surface area contributed by atoms with E-state index in [1.165, 1.54) is 0 Å². The minimum absolute atomic E-state index is 0.0926. The Morgan fingerprint density at radius 3 is 2.00 bits per heavy atom. The van der Waals surface area contributed by atoms with Crippen LogP contribution in [0.1, 0.15) is 20.8 Å². The molecule has 0 saturated carbocycles. The first-order chi connectivity index (χ1) is 4.04. The summed E-state index contributed by atoms with van der Waals surface area (Å²) in [6.07, 6.45) is 1.93. The highest BCUT2D eigenvalue weighted by atomic mass is 16.1. The zero-order valence-corrected chi connectivity index (χ0v) is 6.22. The number of primary amides is 1. The van der Waals surface area contributed by atoms with Crippen molar-refractivity contribution < 1.29 is 4.79 Å². The largest absolute Gasteiger partial charge is 0.369 e. The number of rotatable bonds is 3. The monoisotopic (exact) mass is 128 g/mol. The van der Waals surface area contributed by atoms with Crippen molar-refractivity contribution in [2.24, 2.45) is 17.6 Å². The van der Waals surface area contributed by atoms with Gasteiger partial charge in [0.15, 0.2) is 0 Å². The predicted molar refractivity (Wildman–Crippen MR) is 37.5 cm³/mol. The van der Waals surface area contributed by atoms with E-state index < -0.39 is 0 Å². The van der Waals surface area contributed by atoms with E-state index in [0.717, 1.165) is 0 Å². The molecule has 0 aliphatic rings. The standard InChI is InChI=1S/C7H14NO/c1-5(2)4-6(3)7(8)9/h4-6H,1-3H3,(H2,8,9). The molecule has 0 bridgehead atoms. The Hall–Kier alpha value is -0.530. The van der Waals surface area contributed by atoms with Crippen molar-refractivity contribution in [3.63, 3.8) is 0 Å². The topological polar surface area (TPSA) is 43.1 Å². The first-order valence-electron chi connectivity index (χ1n) is 3.18. The number of amides is 1. The van der Waals surface area contributed by atoms with Crippen LogP contribution < -0.4 is 5.73 Å². The average Bonchev–Trinajstić information content (AvgIpc) is 1.63. The smallest absolute Gasteiger partial charge is 0.220 e. The molecule has 0 heterocycles. The lowest BCUT2D eigenvalue weighted by molar-refractivity contribution is -0.120. The van der Waals surface area contributed by atoms with Crippen LogP contribution in [0.5, 0.6) is 0 Å². The molecule has 0 fully saturated rings. The average molecular weight is 128 g/mol. The molecular formula is C7H14NO. The van der Waals surface area contributed by atoms with Crippen LogP contribution in [0.3, 0.4) is 0 Å². The van der Waals surface area contributed by atoms with Gasteiger partial charge in [0.1, 0.15) is 0 Å². The van der Waals surface area contributed by atoms with E-state index in [1.54, 1.807) is 0 Å². The second-order valence-electron chi connectivity index (χ2n) is 2.63. The van der Waals surface area contributed by atoms with Gasteiger partial charge >= 0.3 is 0 Å². The molecule has 1 atom stereocenters. The quantitative estimate of drug-likeness (QED) is 0.604. The summed E-state index contributed by atoms with van der Waals surface area (Å²) in [5, 5.41) is 0. The van der Waals surface area contributed by atoms with E-state index in [4.69, 9.17) is 5.73 Å². The minimum atomic E-state index is -0.247. The molecule has 53 valence electrons. The predicted octanol–water partition coefficient (Wildman–Crippen LogP) is 0.968. The molecule has 1 unspecified atom stereocenters. The summed E-state index contributed by atoms with van der Waals surface area (Å²) in [7, 11) is 0. The molecule has 2 N–H and O–H groups in total. The van der Waals surface area contributed by atoms with Gasteiger partial charge in [0.2, 0.25) is 5.91 Å². The summed E-state index contributed by atoms with van der Waals surface area (Å²) < 4.78 is 0. The van der Waals surface area contributed by atoms with Crippen LogP contribution >= 0.6 is 0 Å². The lowest BCUT2D eigenvalue weighted by atomic mass is 9.99. The Morgan fingerprint density at radius 2 is 1.89 bits per heavy atom.